The molecular formula is C36H49N2Ru. The summed E-state index contributed by atoms with van der Waals surface area (Å²) in [5, 5.41) is 0. The molecule has 0 amide bonds. The predicted molar refractivity (Wildman–Crippen MR) is 167 cm³/mol. The Kier molecular flexibility index (Phi) is 12.1. The molecular weight excluding hydrogens is 561 g/mol. The molecule has 39 heavy (non-hydrogen) atoms. The number of nitrogens with zero attached hydrogens (tertiary/aromatic N) is 2. The molecule has 4 rings (SSSR count). The summed E-state index contributed by atoms with van der Waals surface area (Å²) in [5.41, 5.74) is 10.2. The molecule has 0 saturated carbocycles. The standard InChI is InChI=1S/C28H40N.C8H9N.Ru/c1-18(2)23-11-9-12-24(19(3)4)27(23)22-15-16-29(17-22)28-25(20(5)6)13-10-14-26(28)21(7)8;1-2-5-8-6-3-4-7-9-8;/h9-14,17-22H,15-16H2,1-8H3;1,3-4,6-7H,2,5H2;/q-1;;+1. The fraction of sp³-hybridized carbons (Fsp3) is 0.472. The van der Waals surface area contributed by atoms with Gasteiger partial charge in [0.25, 0.3) is 0 Å². The Morgan fingerprint density at radius 3 is 1.79 bits per heavy atom. The number of hydrogen-bond acceptors (Lipinski definition) is 2. The van der Waals surface area contributed by atoms with Gasteiger partial charge in [0.05, 0.1) is 0 Å². The molecule has 2 heterocycles. The average Bonchev–Trinajstić information content (AvgIpc) is 3.41. The Bertz CT molecular complexity index is 1060. The van der Waals surface area contributed by atoms with Gasteiger partial charge in [-0.25, -0.2) is 6.54 Å². The maximum atomic E-state index is 4.19. The first-order valence-corrected chi connectivity index (χ1v) is 15.8. The number of rotatable bonds is 9. The summed E-state index contributed by atoms with van der Waals surface area (Å²) in [4.78, 5) is 6.77. The fourth-order valence-corrected chi connectivity index (χ4v) is 5.93. The number of pyridine rings is 1. The van der Waals surface area contributed by atoms with Crippen LogP contribution < -0.4 is 4.90 Å². The third-order valence-corrected chi connectivity index (χ3v) is 8.19. The van der Waals surface area contributed by atoms with Crippen LogP contribution >= 0.6 is 0 Å². The molecule has 2 aromatic carbocycles. The van der Waals surface area contributed by atoms with E-state index >= 15 is 0 Å². The van der Waals surface area contributed by atoms with Crippen molar-refractivity contribution in [3.8, 4) is 0 Å². The molecule has 1 atom stereocenters. The van der Waals surface area contributed by atoms with Gasteiger partial charge in [0, 0.05) is 5.69 Å². The second kappa shape index (κ2) is 15.0. The number of aryl methyl sites for hydroxylation is 1. The zero-order chi connectivity index (χ0) is 28.5. The first kappa shape index (κ1) is 31.4. The second-order valence-corrected chi connectivity index (χ2v) is 12.7. The topological polar surface area (TPSA) is 16.1 Å². The van der Waals surface area contributed by atoms with Crippen molar-refractivity contribution in [1.82, 2.24) is 4.98 Å². The molecule has 1 fully saturated rings. The maximum absolute atomic E-state index is 4.19. The summed E-state index contributed by atoms with van der Waals surface area (Å²) in [6.07, 6.45) is 5.17. The van der Waals surface area contributed by atoms with Gasteiger partial charge in [0.1, 0.15) is 0 Å². The van der Waals surface area contributed by atoms with Crippen molar-refractivity contribution in [2.45, 2.75) is 104 Å². The van der Waals surface area contributed by atoms with Crippen molar-refractivity contribution < 1.29 is 17.9 Å². The van der Waals surface area contributed by atoms with Crippen LogP contribution in [-0.4, -0.2) is 16.1 Å². The summed E-state index contributed by atoms with van der Waals surface area (Å²) in [6, 6.07) is 19.9. The van der Waals surface area contributed by atoms with E-state index in [0.717, 1.165) is 19.4 Å². The number of para-hydroxylation sites is 1. The molecule has 1 aliphatic heterocycles. The van der Waals surface area contributed by atoms with E-state index in [2.05, 4.69) is 137 Å². The number of aromatic nitrogens is 1. The third-order valence-electron chi connectivity index (χ3n) is 7.69. The van der Waals surface area contributed by atoms with Crippen molar-refractivity contribution in [3.05, 3.63) is 101 Å². The molecule has 3 aromatic rings. The van der Waals surface area contributed by atoms with Gasteiger partial charge < -0.3 is 4.90 Å². The molecule has 211 valence electrons. The van der Waals surface area contributed by atoms with Crippen LogP contribution in [0.15, 0.2) is 60.8 Å². The van der Waals surface area contributed by atoms with Gasteiger partial charge in [-0.05, 0) is 52.5 Å². The Morgan fingerprint density at radius 2 is 1.33 bits per heavy atom. The van der Waals surface area contributed by atoms with E-state index in [-0.39, 0.29) is 0 Å². The normalized spacial score (nSPS) is 15.3. The van der Waals surface area contributed by atoms with Gasteiger partial charge >= 0.3 is 70.4 Å². The summed E-state index contributed by atoms with van der Waals surface area (Å²) in [7, 11) is 0. The summed E-state index contributed by atoms with van der Waals surface area (Å²) >= 11 is 2.51. The quantitative estimate of drug-likeness (QED) is 0.177. The summed E-state index contributed by atoms with van der Waals surface area (Å²) in [5.74, 6) is 2.68. The molecule has 1 saturated heterocycles. The van der Waals surface area contributed by atoms with Crippen molar-refractivity contribution in [2.75, 3.05) is 11.4 Å². The Balaban J connectivity index is 0.000000353. The van der Waals surface area contributed by atoms with Gasteiger partial charge in [-0.2, -0.15) is 0 Å². The zero-order valence-corrected chi connectivity index (χ0v) is 27.1. The predicted octanol–water partition coefficient (Wildman–Crippen LogP) is 9.70. The number of anilines is 1. The van der Waals surface area contributed by atoms with E-state index in [0.29, 0.717) is 29.6 Å². The molecule has 0 bridgehead atoms. The molecule has 2 nitrogen and oxygen atoms in total. The monoisotopic (exact) mass is 611 g/mol. The minimum atomic E-state index is 0.506. The van der Waals surface area contributed by atoms with Gasteiger partial charge in [0.2, 0.25) is 0 Å². The third kappa shape index (κ3) is 8.20. The fourth-order valence-electron chi connectivity index (χ4n) is 5.67. The minimum absolute atomic E-state index is 0.506. The van der Waals surface area contributed by atoms with Crippen molar-refractivity contribution in [2.24, 2.45) is 0 Å². The van der Waals surface area contributed by atoms with Gasteiger partial charge in [0.15, 0.2) is 0 Å². The van der Waals surface area contributed by atoms with Crippen LogP contribution in [0.2, 0.25) is 0 Å². The zero-order valence-electron chi connectivity index (χ0n) is 25.4. The van der Waals surface area contributed by atoms with Crippen LogP contribution in [0.25, 0.3) is 0 Å². The van der Waals surface area contributed by atoms with Crippen LogP contribution in [-0.2, 0) is 24.3 Å². The van der Waals surface area contributed by atoms with Crippen molar-refractivity contribution >= 4 is 10.3 Å². The first-order valence-electron chi connectivity index (χ1n) is 14.8. The molecule has 0 aliphatic carbocycles. The number of benzene rings is 2. The van der Waals surface area contributed by atoms with E-state index in [9.17, 15) is 0 Å². The molecule has 0 N–H and O–H groups in total. The van der Waals surface area contributed by atoms with Crippen molar-refractivity contribution in [3.63, 3.8) is 0 Å². The SMILES string of the molecule is CC(C)c1cccc(C(C)C)c1C1[CH-]N(c2c(C(C)C)cccc2C(C)C)CC1.[Ru+]=[CH]CCc1ccccn1. The molecule has 0 radical (unpaired) electrons. The Hall–Kier alpha value is -2.12. The number of hydrogen-bond donors (Lipinski definition) is 0. The van der Waals surface area contributed by atoms with E-state index in [1.807, 2.05) is 18.3 Å². The van der Waals surface area contributed by atoms with E-state index in [1.165, 1.54) is 40.1 Å². The van der Waals surface area contributed by atoms with Crippen LogP contribution in [0.1, 0.15) is 131 Å². The van der Waals surface area contributed by atoms with Crippen LogP contribution in [0.5, 0.6) is 0 Å². The molecule has 1 aliphatic rings. The summed E-state index contributed by atoms with van der Waals surface area (Å²) in [6.45, 7) is 22.3. The van der Waals surface area contributed by atoms with Crippen LogP contribution in [0, 0.1) is 6.54 Å². The molecule has 1 aromatic heterocycles. The van der Waals surface area contributed by atoms with Crippen LogP contribution in [0.3, 0.4) is 0 Å². The molecule has 1 unspecified atom stereocenters. The second-order valence-electron chi connectivity index (χ2n) is 12.0. The van der Waals surface area contributed by atoms with E-state index in [4.69, 9.17) is 0 Å². The average molecular weight is 611 g/mol. The van der Waals surface area contributed by atoms with E-state index in [1.54, 1.807) is 5.56 Å². The molecule has 3 heteroatoms. The first-order chi connectivity index (χ1) is 18.6. The van der Waals surface area contributed by atoms with Crippen molar-refractivity contribution in [1.29, 1.82) is 0 Å². The summed E-state index contributed by atoms with van der Waals surface area (Å²) < 4.78 is 2.09. The Labute approximate surface area is 248 Å². The van der Waals surface area contributed by atoms with Gasteiger partial charge in [-0.15, -0.1) is 5.92 Å². The van der Waals surface area contributed by atoms with Gasteiger partial charge in [-0.1, -0.05) is 104 Å². The molecule has 0 spiro atoms. The van der Waals surface area contributed by atoms with E-state index < -0.39 is 0 Å². The van der Waals surface area contributed by atoms with Gasteiger partial charge in [-0.3, -0.25) is 0 Å². The Morgan fingerprint density at radius 1 is 0.795 bits per heavy atom. The van der Waals surface area contributed by atoms with Crippen LogP contribution in [0.4, 0.5) is 5.69 Å².